The topological polar surface area (TPSA) is 124 Å². The highest BCUT2D eigenvalue weighted by atomic mass is 32.2. The Bertz CT molecular complexity index is 1220. The Kier molecular flexibility index (Phi) is 8.97. The molecule has 1 aliphatic heterocycles. The van der Waals surface area contributed by atoms with Crippen LogP contribution < -0.4 is 4.80 Å². The summed E-state index contributed by atoms with van der Waals surface area (Å²) >= 11 is 1.16. The van der Waals surface area contributed by atoms with Crippen molar-refractivity contribution >= 4 is 49.2 Å². The Morgan fingerprint density at radius 2 is 1.85 bits per heavy atom. The van der Waals surface area contributed by atoms with Gasteiger partial charge in [0, 0.05) is 26.2 Å². The molecule has 2 aromatic rings. The third-order valence-electron chi connectivity index (χ3n) is 5.38. The molecule has 10 nitrogen and oxygen atoms in total. The van der Waals surface area contributed by atoms with Gasteiger partial charge >= 0.3 is 5.97 Å². The Labute approximate surface area is 202 Å². The number of benzene rings is 1. The quantitative estimate of drug-likeness (QED) is 0.368. The molecular weight excluding hydrogens is 482 g/mol. The summed E-state index contributed by atoms with van der Waals surface area (Å²) in [4.78, 5) is 42.7. The molecule has 1 aromatic carbocycles. The maximum absolute atomic E-state index is 12.6. The van der Waals surface area contributed by atoms with E-state index in [-0.39, 0.29) is 0 Å². The largest absolute Gasteiger partial charge is 0.465 e. The molecular formula is C22H29N3O7S2. The van der Waals surface area contributed by atoms with E-state index in [9.17, 15) is 22.8 Å². The standard InChI is InChI=1S/C22H29N3O7S2/c1-3-32-12-11-25-17-8-7-16(21(28)31-2)13-18(17)33-22(25)23-19(26)14-34(29,30)15-20(27)24-9-5-4-6-10-24/h7-8,13H,3-6,9-12,14-15H2,1-2H3. The molecule has 1 aliphatic rings. The molecule has 2 amide bonds. The molecule has 0 atom stereocenters. The van der Waals surface area contributed by atoms with Gasteiger partial charge < -0.3 is 18.9 Å². The number of thiazole rings is 1. The van der Waals surface area contributed by atoms with E-state index in [0.717, 1.165) is 36.1 Å². The lowest BCUT2D eigenvalue weighted by atomic mass is 10.1. The maximum Gasteiger partial charge on any atom is 0.337 e. The Hall–Kier alpha value is -2.57. The number of fused-ring (bicyclic) bond motifs is 1. The lowest BCUT2D eigenvalue weighted by Gasteiger charge is -2.26. The monoisotopic (exact) mass is 511 g/mol. The molecule has 12 heteroatoms. The van der Waals surface area contributed by atoms with Crippen molar-refractivity contribution in [1.29, 1.82) is 0 Å². The van der Waals surface area contributed by atoms with Crippen molar-refractivity contribution in [1.82, 2.24) is 9.47 Å². The highest BCUT2D eigenvalue weighted by molar-refractivity contribution is 7.92. The molecule has 186 valence electrons. The Morgan fingerprint density at radius 1 is 1.12 bits per heavy atom. The van der Waals surface area contributed by atoms with Crippen molar-refractivity contribution in [3.8, 4) is 0 Å². The van der Waals surface area contributed by atoms with Gasteiger partial charge in [-0.3, -0.25) is 9.59 Å². The maximum atomic E-state index is 12.6. The number of hydrogen-bond donors (Lipinski definition) is 0. The summed E-state index contributed by atoms with van der Waals surface area (Å²) in [5.74, 6) is -3.37. The van der Waals surface area contributed by atoms with Crippen LogP contribution in [0.5, 0.6) is 0 Å². The van der Waals surface area contributed by atoms with Gasteiger partial charge in [-0.2, -0.15) is 4.99 Å². The van der Waals surface area contributed by atoms with Crippen LogP contribution in [0.3, 0.4) is 0 Å². The lowest BCUT2D eigenvalue weighted by molar-refractivity contribution is -0.129. The molecule has 1 saturated heterocycles. The molecule has 0 bridgehead atoms. The van der Waals surface area contributed by atoms with Crippen LogP contribution in [0.15, 0.2) is 23.2 Å². The predicted molar refractivity (Wildman–Crippen MR) is 127 cm³/mol. The average Bonchev–Trinajstić information content (AvgIpc) is 3.14. The number of carbonyl (C=O) groups excluding carboxylic acids is 3. The second-order valence-electron chi connectivity index (χ2n) is 7.89. The van der Waals surface area contributed by atoms with Gasteiger partial charge in [0.05, 0.1) is 29.5 Å². The van der Waals surface area contributed by atoms with Gasteiger partial charge in [-0.25, -0.2) is 13.2 Å². The molecule has 0 aliphatic carbocycles. The van der Waals surface area contributed by atoms with Crippen molar-refractivity contribution in [2.45, 2.75) is 32.7 Å². The van der Waals surface area contributed by atoms with Gasteiger partial charge in [0.2, 0.25) is 5.91 Å². The molecule has 0 N–H and O–H groups in total. The fraction of sp³-hybridized carbons (Fsp3) is 0.545. The normalized spacial score (nSPS) is 15.0. The molecule has 0 unspecified atom stereocenters. The summed E-state index contributed by atoms with van der Waals surface area (Å²) in [7, 11) is -2.67. The van der Waals surface area contributed by atoms with Crippen LogP contribution in [-0.4, -0.2) is 80.6 Å². The van der Waals surface area contributed by atoms with E-state index in [1.807, 2.05) is 6.92 Å². The molecule has 34 heavy (non-hydrogen) atoms. The minimum atomic E-state index is -3.96. The van der Waals surface area contributed by atoms with Crippen LogP contribution in [-0.2, 0) is 35.4 Å². The summed E-state index contributed by atoms with van der Waals surface area (Å²) in [5.41, 5.74) is 1.08. The summed E-state index contributed by atoms with van der Waals surface area (Å²) in [6, 6.07) is 4.97. The Morgan fingerprint density at radius 3 is 2.53 bits per heavy atom. The zero-order valence-electron chi connectivity index (χ0n) is 19.3. The van der Waals surface area contributed by atoms with Gasteiger partial charge in [0.1, 0.15) is 11.5 Å². The van der Waals surface area contributed by atoms with E-state index in [2.05, 4.69) is 4.99 Å². The smallest absolute Gasteiger partial charge is 0.337 e. The SMILES string of the molecule is CCOCCn1c(=NC(=O)CS(=O)(=O)CC(=O)N2CCCCC2)sc2cc(C(=O)OC)ccc21. The highest BCUT2D eigenvalue weighted by Crippen LogP contribution is 2.20. The zero-order valence-corrected chi connectivity index (χ0v) is 21.0. The predicted octanol–water partition coefficient (Wildman–Crippen LogP) is 1.38. The third kappa shape index (κ3) is 6.73. The number of likely N-dealkylation sites (tertiary alicyclic amines) is 1. The van der Waals surface area contributed by atoms with Crippen molar-refractivity contribution in [3.05, 3.63) is 28.6 Å². The fourth-order valence-corrected chi connectivity index (χ4v) is 5.93. The minimum Gasteiger partial charge on any atom is -0.465 e. The summed E-state index contributed by atoms with van der Waals surface area (Å²) in [6.45, 7) is 4.22. The number of carbonyl (C=O) groups is 3. The number of ether oxygens (including phenoxy) is 2. The van der Waals surface area contributed by atoms with E-state index in [1.165, 1.54) is 12.0 Å². The van der Waals surface area contributed by atoms with Gasteiger partial charge in [0.25, 0.3) is 5.91 Å². The Balaban J connectivity index is 1.84. The van der Waals surface area contributed by atoms with E-state index in [1.54, 1.807) is 22.8 Å². The number of nitrogens with zero attached hydrogens (tertiary/aromatic N) is 3. The molecule has 0 saturated carbocycles. The summed E-state index contributed by atoms with van der Waals surface area (Å²) in [6.07, 6.45) is 2.73. The van der Waals surface area contributed by atoms with Crippen LogP contribution >= 0.6 is 11.3 Å². The number of esters is 1. The van der Waals surface area contributed by atoms with Gasteiger partial charge in [-0.05, 0) is 44.4 Å². The first-order chi connectivity index (χ1) is 16.2. The van der Waals surface area contributed by atoms with Gasteiger partial charge in [-0.15, -0.1) is 0 Å². The number of rotatable bonds is 9. The first-order valence-electron chi connectivity index (χ1n) is 11.1. The number of methoxy groups -OCH3 is 1. The van der Waals surface area contributed by atoms with Crippen LogP contribution in [0, 0.1) is 0 Å². The molecule has 3 rings (SSSR count). The van der Waals surface area contributed by atoms with Crippen LogP contribution in [0.2, 0.25) is 0 Å². The molecule has 0 spiro atoms. The summed E-state index contributed by atoms with van der Waals surface area (Å²) < 4.78 is 37.6. The second kappa shape index (κ2) is 11.7. The zero-order chi connectivity index (χ0) is 24.7. The first kappa shape index (κ1) is 26.0. The number of sulfone groups is 1. The van der Waals surface area contributed by atoms with Crippen LogP contribution in [0.1, 0.15) is 36.5 Å². The summed E-state index contributed by atoms with van der Waals surface area (Å²) in [5, 5.41) is 0. The van der Waals surface area contributed by atoms with Gasteiger partial charge in [0.15, 0.2) is 14.6 Å². The third-order valence-corrected chi connectivity index (χ3v) is 7.80. The molecule has 1 fully saturated rings. The van der Waals surface area contributed by atoms with Gasteiger partial charge in [-0.1, -0.05) is 11.3 Å². The minimum absolute atomic E-state index is 0.291. The number of piperidine rings is 1. The number of amides is 2. The average molecular weight is 512 g/mol. The van der Waals surface area contributed by atoms with Crippen LogP contribution in [0.25, 0.3) is 10.2 Å². The number of aromatic nitrogens is 1. The van der Waals surface area contributed by atoms with Crippen molar-refractivity contribution < 1.29 is 32.3 Å². The molecule has 2 heterocycles. The molecule has 0 radical (unpaired) electrons. The van der Waals surface area contributed by atoms with Crippen molar-refractivity contribution in [2.75, 3.05) is 44.9 Å². The van der Waals surface area contributed by atoms with E-state index < -0.39 is 39.1 Å². The van der Waals surface area contributed by atoms with Crippen LogP contribution in [0.4, 0.5) is 0 Å². The number of hydrogen-bond acceptors (Lipinski definition) is 8. The van der Waals surface area contributed by atoms with Crippen molar-refractivity contribution in [2.24, 2.45) is 4.99 Å². The van der Waals surface area contributed by atoms with E-state index in [0.29, 0.717) is 47.9 Å². The fourth-order valence-electron chi connectivity index (χ4n) is 3.72. The first-order valence-corrected chi connectivity index (χ1v) is 13.7. The van der Waals surface area contributed by atoms with Crippen molar-refractivity contribution in [3.63, 3.8) is 0 Å². The highest BCUT2D eigenvalue weighted by Gasteiger charge is 2.25. The van der Waals surface area contributed by atoms with E-state index >= 15 is 0 Å². The lowest BCUT2D eigenvalue weighted by Crippen LogP contribution is -2.40. The van der Waals surface area contributed by atoms with E-state index in [4.69, 9.17) is 9.47 Å². The second-order valence-corrected chi connectivity index (χ2v) is 11.0. The molecule has 1 aromatic heterocycles.